The van der Waals surface area contributed by atoms with E-state index < -0.39 is 0 Å². The van der Waals surface area contributed by atoms with E-state index in [9.17, 15) is 4.79 Å². The lowest BCUT2D eigenvalue weighted by molar-refractivity contribution is 0.0991. The van der Waals surface area contributed by atoms with Crippen LogP contribution in [-0.2, 0) is 6.42 Å². The molecule has 2 rings (SSSR count). The summed E-state index contributed by atoms with van der Waals surface area (Å²) in [6, 6.07) is 6.83. The van der Waals surface area contributed by atoms with Crippen molar-refractivity contribution in [3.05, 3.63) is 51.2 Å². The zero-order valence-electron chi connectivity index (χ0n) is 11.5. The van der Waals surface area contributed by atoms with Crippen molar-refractivity contribution in [2.75, 3.05) is 14.2 Å². The van der Waals surface area contributed by atoms with Crippen LogP contribution in [0, 0.1) is 0 Å². The van der Waals surface area contributed by atoms with Crippen LogP contribution in [0.3, 0.4) is 0 Å². The van der Waals surface area contributed by atoms with Gasteiger partial charge in [0.05, 0.1) is 25.7 Å². The maximum atomic E-state index is 12.3. The van der Waals surface area contributed by atoms with Gasteiger partial charge < -0.3 is 9.47 Å². The Balaban J connectivity index is 2.27. The number of benzene rings is 1. The van der Waals surface area contributed by atoms with E-state index in [1.54, 1.807) is 24.4 Å². The maximum absolute atomic E-state index is 12.3. The zero-order chi connectivity index (χ0) is 15.4. The Morgan fingerprint density at radius 3 is 2.62 bits per heavy atom. The van der Waals surface area contributed by atoms with Crippen LogP contribution in [0.25, 0.3) is 0 Å². The summed E-state index contributed by atoms with van der Waals surface area (Å²) in [6.07, 6.45) is 1.85. The summed E-state index contributed by atoms with van der Waals surface area (Å²) >= 11 is 9.41. The first-order valence-corrected chi connectivity index (χ1v) is 7.27. The molecule has 0 saturated carbocycles. The van der Waals surface area contributed by atoms with Crippen LogP contribution < -0.4 is 9.47 Å². The van der Waals surface area contributed by atoms with Crippen molar-refractivity contribution >= 4 is 33.3 Å². The van der Waals surface area contributed by atoms with E-state index in [-0.39, 0.29) is 12.2 Å². The topological polar surface area (TPSA) is 48.4 Å². The second-order valence-electron chi connectivity index (χ2n) is 4.26. The van der Waals surface area contributed by atoms with E-state index in [0.29, 0.717) is 27.8 Å². The minimum Gasteiger partial charge on any atom is -0.493 e. The van der Waals surface area contributed by atoms with E-state index in [0.717, 1.165) is 4.47 Å². The Kier molecular flexibility index (Phi) is 5.20. The van der Waals surface area contributed by atoms with Gasteiger partial charge >= 0.3 is 0 Å². The van der Waals surface area contributed by atoms with E-state index in [4.69, 9.17) is 21.1 Å². The van der Waals surface area contributed by atoms with Gasteiger partial charge in [0.25, 0.3) is 0 Å². The first kappa shape index (κ1) is 15.8. The number of hydrogen-bond acceptors (Lipinski definition) is 4. The summed E-state index contributed by atoms with van der Waals surface area (Å²) < 4.78 is 11.2. The second kappa shape index (κ2) is 6.91. The molecule has 0 radical (unpaired) electrons. The van der Waals surface area contributed by atoms with Crippen molar-refractivity contribution in [3.8, 4) is 11.5 Å². The third kappa shape index (κ3) is 3.74. The Bertz CT molecular complexity index is 659. The molecule has 0 aliphatic carbocycles. The third-order valence-corrected chi connectivity index (χ3v) is 3.64. The number of Topliss-reactive ketones (excluding diaryl/α,β-unsaturated/α-hetero) is 1. The Morgan fingerprint density at radius 2 is 2.05 bits per heavy atom. The molecule has 0 unspecified atom stereocenters. The maximum Gasteiger partial charge on any atom is 0.179 e. The van der Waals surface area contributed by atoms with Gasteiger partial charge in [-0.3, -0.25) is 9.78 Å². The largest absolute Gasteiger partial charge is 0.493 e. The summed E-state index contributed by atoms with van der Waals surface area (Å²) in [4.78, 5) is 16.5. The molecule has 0 bridgehead atoms. The van der Waals surface area contributed by atoms with Crippen LogP contribution in [0.15, 0.2) is 34.9 Å². The average Bonchev–Trinajstić information content (AvgIpc) is 2.48. The molecule has 21 heavy (non-hydrogen) atoms. The van der Waals surface area contributed by atoms with Crippen LogP contribution >= 0.6 is 27.5 Å². The number of carbonyl (C=O) groups is 1. The summed E-state index contributed by atoms with van der Waals surface area (Å²) in [6.45, 7) is 0. The van der Waals surface area contributed by atoms with E-state index in [2.05, 4.69) is 20.9 Å². The number of methoxy groups -OCH3 is 2. The molecule has 0 aliphatic heterocycles. The van der Waals surface area contributed by atoms with Gasteiger partial charge in [-0.05, 0) is 40.2 Å². The molecule has 0 N–H and O–H groups in total. The number of pyridine rings is 1. The molecule has 6 heteroatoms. The molecule has 1 heterocycles. The molecule has 0 atom stereocenters. The van der Waals surface area contributed by atoms with Crippen LogP contribution in [0.5, 0.6) is 11.5 Å². The molecule has 0 fully saturated rings. The smallest absolute Gasteiger partial charge is 0.179 e. The molecule has 2 aromatic rings. The average molecular weight is 371 g/mol. The van der Waals surface area contributed by atoms with Gasteiger partial charge in [-0.2, -0.15) is 0 Å². The molecular formula is C15H13BrClNO3. The van der Waals surface area contributed by atoms with Gasteiger partial charge in [-0.25, -0.2) is 0 Å². The second-order valence-corrected chi connectivity index (χ2v) is 5.58. The first-order valence-electron chi connectivity index (χ1n) is 6.10. The van der Waals surface area contributed by atoms with Crippen LogP contribution in [0.2, 0.25) is 5.02 Å². The third-order valence-electron chi connectivity index (χ3n) is 2.89. The molecule has 0 amide bonds. The fourth-order valence-electron chi connectivity index (χ4n) is 1.86. The molecule has 4 nitrogen and oxygen atoms in total. The van der Waals surface area contributed by atoms with Gasteiger partial charge in [0.15, 0.2) is 17.3 Å². The molecule has 0 spiro atoms. The predicted molar refractivity (Wildman–Crippen MR) is 84.5 cm³/mol. The van der Waals surface area contributed by atoms with Gasteiger partial charge in [0.2, 0.25) is 0 Å². The van der Waals surface area contributed by atoms with Gasteiger partial charge in [0, 0.05) is 21.9 Å². The van der Waals surface area contributed by atoms with Crippen LogP contribution in [0.1, 0.15) is 16.1 Å². The summed E-state index contributed by atoms with van der Waals surface area (Å²) in [5.74, 6) is 0.752. The number of ketones is 1. The lowest BCUT2D eigenvalue weighted by atomic mass is 10.1. The lowest BCUT2D eigenvalue weighted by Gasteiger charge is -2.11. The fourth-order valence-corrected chi connectivity index (χ4v) is 2.38. The van der Waals surface area contributed by atoms with Crippen LogP contribution in [0.4, 0.5) is 0 Å². The normalized spacial score (nSPS) is 10.3. The van der Waals surface area contributed by atoms with Crippen LogP contribution in [-0.4, -0.2) is 25.0 Å². The number of aromatic nitrogens is 1. The highest BCUT2D eigenvalue weighted by Crippen LogP contribution is 2.36. The zero-order valence-corrected chi connectivity index (χ0v) is 13.9. The molecular weight excluding hydrogens is 358 g/mol. The highest BCUT2D eigenvalue weighted by atomic mass is 79.9. The summed E-state index contributed by atoms with van der Waals surface area (Å²) in [5.41, 5.74) is 1.15. The Morgan fingerprint density at radius 1 is 1.29 bits per heavy atom. The molecule has 1 aromatic carbocycles. The van der Waals surface area contributed by atoms with Crippen molar-refractivity contribution in [2.24, 2.45) is 0 Å². The van der Waals surface area contributed by atoms with Gasteiger partial charge in [-0.1, -0.05) is 11.6 Å². The molecule has 1 aromatic heterocycles. The lowest BCUT2D eigenvalue weighted by Crippen LogP contribution is -2.06. The predicted octanol–water partition coefficient (Wildman–Crippen LogP) is 3.94. The minimum absolute atomic E-state index is 0.0901. The summed E-state index contributed by atoms with van der Waals surface area (Å²) in [7, 11) is 3.00. The number of ether oxygens (including phenoxy) is 2. The van der Waals surface area contributed by atoms with E-state index in [1.165, 1.54) is 14.2 Å². The minimum atomic E-state index is -0.0901. The highest BCUT2D eigenvalue weighted by Gasteiger charge is 2.15. The van der Waals surface area contributed by atoms with Crippen molar-refractivity contribution < 1.29 is 14.3 Å². The highest BCUT2D eigenvalue weighted by molar-refractivity contribution is 9.10. The molecule has 110 valence electrons. The monoisotopic (exact) mass is 369 g/mol. The first-order chi connectivity index (χ1) is 10.0. The molecule has 0 aliphatic rings. The van der Waals surface area contributed by atoms with Crippen molar-refractivity contribution in [3.63, 3.8) is 0 Å². The standard InChI is InChI=1S/C15H13BrClNO3/c1-20-14-6-9(5-12(17)15(14)21-2)13(19)7-11-4-3-10(16)8-18-11/h3-6,8H,7H2,1-2H3. The van der Waals surface area contributed by atoms with Gasteiger partial charge in [-0.15, -0.1) is 0 Å². The van der Waals surface area contributed by atoms with E-state index >= 15 is 0 Å². The number of nitrogens with zero attached hydrogens (tertiary/aromatic N) is 1. The van der Waals surface area contributed by atoms with E-state index in [1.807, 2.05) is 6.07 Å². The fraction of sp³-hybridized carbons (Fsp3) is 0.200. The number of carbonyl (C=O) groups excluding carboxylic acids is 1. The Hall–Kier alpha value is -1.59. The Labute approximate surface area is 136 Å². The summed E-state index contributed by atoms with van der Waals surface area (Å²) in [5, 5.41) is 0.337. The number of halogens is 2. The number of hydrogen-bond donors (Lipinski definition) is 0. The van der Waals surface area contributed by atoms with Crippen molar-refractivity contribution in [2.45, 2.75) is 6.42 Å². The van der Waals surface area contributed by atoms with Crippen molar-refractivity contribution in [1.82, 2.24) is 4.98 Å². The van der Waals surface area contributed by atoms with Gasteiger partial charge in [0.1, 0.15) is 0 Å². The number of rotatable bonds is 5. The SMILES string of the molecule is COc1cc(C(=O)Cc2ccc(Br)cn2)cc(Cl)c1OC. The quantitative estimate of drug-likeness (QED) is 0.748. The molecule has 0 saturated heterocycles. The van der Waals surface area contributed by atoms with Crippen molar-refractivity contribution in [1.29, 1.82) is 0 Å².